The van der Waals surface area contributed by atoms with Crippen molar-refractivity contribution in [3.05, 3.63) is 41.2 Å². The predicted octanol–water partition coefficient (Wildman–Crippen LogP) is 1.18. The Bertz CT molecular complexity index is 818. The van der Waals surface area contributed by atoms with Crippen molar-refractivity contribution < 1.29 is 8.42 Å². The van der Waals surface area contributed by atoms with Crippen molar-refractivity contribution in [2.75, 3.05) is 11.3 Å². The molecule has 0 saturated carbocycles. The molecule has 2 rings (SSSR count). The van der Waals surface area contributed by atoms with Gasteiger partial charge in [0.2, 0.25) is 0 Å². The highest BCUT2D eigenvalue weighted by atomic mass is 35.5. The summed E-state index contributed by atoms with van der Waals surface area (Å²) in [5.41, 5.74) is 6.18. The van der Waals surface area contributed by atoms with Crippen LogP contribution in [0.25, 0.3) is 0 Å². The van der Waals surface area contributed by atoms with Crippen LogP contribution in [-0.4, -0.2) is 24.7 Å². The number of sulfonamides is 1. The highest BCUT2D eigenvalue weighted by Gasteiger charge is 2.16. The van der Waals surface area contributed by atoms with Gasteiger partial charge < -0.3 is 5.73 Å². The SMILES string of the molecule is Cn1cc(S(=O)(=O)Nc2ccc(Cl)c(C#CCN)c2)cn1. The summed E-state index contributed by atoms with van der Waals surface area (Å²) in [6.07, 6.45) is 2.68. The zero-order valence-electron chi connectivity index (χ0n) is 11.2. The van der Waals surface area contributed by atoms with Crippen LogP contribution in [0.2, 0.25) is 5.02 Å². The lowest BCUT2D eigenvalue weighted by atomic mass is 10.2. The average molecular weight is 325 g/mol. The second kappa shape index (κ2) is 6.18. The number of anilines is 1. The summed E-state index contributed by atoms with van der Waals surface area (Å²) >= 11 is 5.99. The molecule has 0 saturated heterocycles. The second-order valence-corrected chi connectivity index (χ2v) is 6.25. The Balaban J connectivity index is 2.31. The fourth-order valence-corrected chi connectivity index (χ4v) is 2.78. The highest BCUT2D eigenvalue weighted by Crippen LogP contribution is 2.22. The van der Waals surface area contributed by atoms with Gasteiger partial charge in [0.25, 0.3) is 10.0 Å². The maximum absolute atomic E-state index is 12.2. The van der Waals surface area contributed by atoms with E-state index in [-0.39, 0.29) is 11.4 Å². The van der Waals surface area contributed by atoms with Crippen LogP contribution >= 0.6 is 11.6 Å². The summed E-state index contributed by atoms with van der Waals surface area (Å²) in [4.78, 5) is 0.0783. The zero-order chi connectivity index (χ0) is 15.5. The lowest BCUT2D eigenvalue weighted by Crippen LogP contribution is -2.12. The van der Waals surface area contributed by atoms with Gasteiger partial charge in [-0.1, -0.05) is 23.4 Å². The first-order valence-electron chi connectivity index (χ1n) is 5.92. The van der Waals surface area contributed by atoms with Crippen molar-refractivity contribution in [2.24, 2.45) is 12.8 Å². The van der Waals surface area contributed by atoms with E-state index in [2.05, 4.69) is 21.7 Å². The molecule has 6 nitrogen and oxygen atoms in total. The van der Waals surface area contributed by atoms with E-state index >= 15 is 0 Å². The van der Waals surface area contributed by atoms with E-state index in [9.17, 15) is 8.42 Å². The van der Waals surface area contributed by atoms with Crippen LogP contribution in [0.15, 0.2) is 35.5 Å². The number of aryl methyl sites for hydroxylation is 1. The van der Waals surface area contributed by atoms with Gasteiger partial charge in [0, 0.05) is 18.8 Å². The van der Waals surface area contributed by atoms with Crippen molar-refractivity contribution in [3.63, 3.8) is 0 Å². The van der Waals surface area contributed by atoms with Gasteiger partial charge >= 0.3 is 0 Å². The monoisotopic (exact) mass is 324 g/mol. The smallest absolute Gasteiger partial charge is 0.265 e. The summed E-state index contributed by atoms with van der Waals surface area (Å²) in [5.74, 6) is 5.46. The lowest BCUT2D eigenvalue weighted by molar-refractivity contribution is 0.601. The first-order valence-corrected chi connectivity index (χ1v) is 7.78. The van der Waals surface area contributed by atoms with Gasteiger partial charge in [-0.25, -0.2) is 8.42 Å². The largest absolute Gasteiger partial charge is 0.320 e. The summed E-state index contributed by atoms with van der Waals surface area (Å²) < 4.78 is 28.2. The van der Waals surface area contributed by atoms with Gasteiger partial charge in [0.15, 0.2) is 0 Å². The molecule has 0 bridgehead atoms. The van der Waals surface area contributed by atoms with Crippen LogP contribution in [-0.2, 0) is 17.1 Å². The third-order valence-electron chi connectivity index (χ3n) is 2.54. The molecule has 0 fully saturated rings. The molecule has 1 heterocycles. The van der Waals surface area contributed by atoms with Crippen LogP contribution < -0.4 is 10.5 Å². The molecule has 0 amide bonds. The molecule has 1 aromatic heterocycles. The van der Waals surface area contributed by atoms with E-state index < -0.39 is 10.0 Å². The maximum atomic E-state index is 12.2. The number of aromatic nitrogens is 2. The molecule has 0 spiro atoms. The number of hydrogen-bond acceptors (Lipinski definition) is 4. The van der Waals surface area contributed by atoms with Crippen LogP contribution in [0.3, 0.4) is 0 Å². The molecule has 21 heavy (non-hydrogen) atoms. The number of benzene rings is 1. The number of nitrogens with one attached hydrogen (secondary N) is 1. The Morgan fingerprint density at radius 3 is 2.86 bits per heavy atom. The fourth-order valence-electron chi connectivity index (χ4n) is 1.58. The average Bonchev–Trinajstić information content (AvgIpc) is 2.86. The van der Waals surface area contributed by atoms with E-state index in [0.717, 1.165) is 0 Å². The van der Waals surface area contributed by atoms with Gasteiger partial charge in [-0.15, -0.1) is 0 Å². The van der Waals surface area contributed by atoms with E-state index in [4.69, 9.17) is 17.3 Å². The van der Waals surface area contributed by atoms with E-state index in [1.165, 1.54) is 17.1 Å². The van der Waals surface area contributed by atoms with E-state index in [0.29, 0.717) is 16.3 Å². The third kappa shape index (κ3) is 3.76. The predicted molar refractivity (Wildman–Crippen MR) is 81.4 cm³/mol. The van der Waals surface area contributed by atoms with Gasteiger partial charge in [0.05, 0.1) is 23.5 Å². The van der Waals surface area contributed by atoms with Crippen LogP contribution in [0.4, 0.5) is 5.69 Å². The Labute approximate surface area is 128 Å². The second-order valence-electron chi connectivity index (χ2n) is 4.16. The van der Waals surface area contributed by atoms with Gasteiger partial charge in [-0.2, -0.15) is 5.10 Å². The molecule has 1 aromatic carbocycles. The molecule has 0 unspecified atom stereocenters. The zero-order valence-corrected chi connectivity index (χ0v) is 12.7. The Kier molecular flexibility index (Phi) is 4.53. The van der Waals surface area contributed by atoms with Gasteiger partial charge in [-0.3, -0.25) is 9.40 Å². The summed E-state index contributed by atoms with van der Waals surface area (Å²) in [5, 5.41) is 4.27. The van der Waals surface area contributed by atoms with Crippen LogP contribution in [0, 0.1) is 11.8 Å². The third-order valence-corrected chi connectivity index (χ3v) is 4.20. The minimum absolute atomic E-state index is 0.0783. The Morgan fingerprint density at radius 2 is 2.24 bits per heavy atom. The molecule has 3 N–H and O–H groups in total. The maximum Gasteiger partial charge on any atom is 0.265 e. The summed E-state index contributed by atoms with van der Waals surface area (Å²) in [7, 11) is -2.05. The topological polar surface area (TPSA) is 90.0 Å². The van der Waals surface area contributed by atoms with Crippen molar-refractivity contribution in [2.45, 2.75) is 4.90 Å². The molecule has 8 heteroatoms. The summed E-state index contributed by atoms with van der Waals surface area (Å²) in [6.45, 7) is 0.196. The molecular weight excluding hydrogens is 312 g/mol. The first-order chi connectivity index (χ1) is 9.92. The molecule has 0 aliphatic heterocycles. The van der Waals surface area contributed by atoms with Crippen LogP contribution in [0.5, 0.6) is 0 Å². The van der Waals surface area contributed by atoms with Gasteiger partial charge in [-0.05, 0) is 18.2 Å². The number of rotatable bonds is 3. The van der Waals surface area contributed by atoms with Gasteiger partial charge in [0.1, 0.15) is 4.90 Å². The fraction of sp³-hybridized carbons (Fsp3) is 0.154. The number of halogens is 1. The standard InChI is InChI=1S/C13H13ClN4O2S/c1-18-9-12(8-16-18)21(19,20)17-11-4-5-13(14)10(7-11)3-2-6-15/h4-5,7-9,17H,6,15H2,1H3. The molecule has 0 radical (unpaired) electrons. The minimum atomic E-state index is -3.69. The summed E-state index contributed by atoms with van der Waals surface area (Å²) in [6, 6.07) is 4.69. The number of nitrogens with zero attached hydrogens (tertiary/aromatic N) is 2. The quantitative estimate of drug-likeness (QED) is 0.830. The van der Waals surface area contributed by atoms with Crippen molar-refractivity contribution in [3.8, 4) is 11.8 Å². The normalized spacial score (nSPS) is 10.8. The first kappa shape index (κ1) is 15.4. The van der Waals surface area contributed by atoms with Crippen LogP contribution in [0.1, 0.15) is 5.56 Å². The molecule has 0 atom stereocenters. The van der Waals surface area contributed by atoms with E-state index in [1.54, 1.807) is 25.2 Å². The molecule has 2 aromatic rings. The van der Waals surface area contributed by atoms with Crippen molar-refractivity contribution >= 4 is 27.3 Å². The highest BCUT2D eigenvalue weighted by molar-refractivity contribution is 7.92. The molecule has 110 valence electrons. The molecular formula is C13H13ClN4O2S. The molecule has 0 aliphatic rings. The number of hydrogen-bond donors (Lipinski definition) is 2. The number of nitrogens with two attached hydrogens (primary N) is 1. The Hall–Kier alpha value is -2.01. The lowest BCUT2D eigenvalue weighted by Gasteiger charge is -2.07. The molecule has 0 aliphatic carbocycles. The van der Waals surface area contributed by atoms with Crippen molar-refractivity contribution in [1.29, 1.82) is 0 Å². The minimum Gasteiger partial charge on any atom is -0.320 e. The van der Waals surface area contributed by atoms with E-state index in [1.807, 2.05) is 0 Å². The Morgan fingerprint density at radius 1 is 1.48 bits per heavy atom. The van der Waals surface area contributed by atoms with Crippen molar-refractivity contribution in [1.82, 2.24) is 9.78 Å².